The average Bonchev–Trinajstić information content (AvgIpc) is 2.46. The highest BCUT2D eigenvalue weighted by Crippen LogP contribution is 2.20. The lowest BCUT2D eigenvalue weighted by atomic mass is 10.1. The highest BCUT2D eigenvalue weighted by atomic mass is 16.5. The number of carboxylic acids is 1. The molecule has 0 fully saturated rings. The molecule has 6 heteroatoms. The van der Waals surface area contributed by atoms with Crippen LogP contribution in [0.4, 0.5) is 5.69 Å². The van der Waals surface area contributed by atoms with Crippen LogP contribution in [0.15, 0.2) is 29.3 Å². The van der Waals surface area contributed by atoms with Gasteiger partial charge in [-0.3, -0.25) is 4.79 Å². The molecule has 0 aliphatic rings. The monoisotopic (exact) mass is 291 g/mol. The van der Waals surface area contributed by atoms with Crippen molar-refractivity contribution in [3.8, 4) is 0 Å². The number of aliphatic carboxylic acids is 1. The van der Waals surface area contributed by atoms with Crippen LogP contribution >= 0.6 is 0 Å². The van der Waals surface area contributed by atoms with Crippen molar-refractivity contribution in [2.24, 2.45) is 0 Å². The molecule has 0 heterocycles. The number of amides is 1. The molecule has 0 aromatic heterocycles. The minimum Gasteiger partial charge on any atom is -0.478 e. The quantitative estimate of drug-likeness (QED) is 0.655. The Hall–Kier alpha value is -2.63. The van der Waals surface area contributed by atoms with Crippen molar-refractivity contribution in [3.05, 3.63) is 40.5 Å². The van der Waals surface area contributed by atoms with E-state index in [2.05, 4.69) is 10.1 Å². The van der Waals surface area contributed by atoms with Crippen LogP contribution in [-0.2, 0) is 14.3 Å². The van der Waals surface area contributed by atoms with Crippen LogP contribution in [0.25, 0.3) is 0 Å². The summed E-state index contributed by atoms with van der Waals surface area (Å²) in [5.74, 6) is -2.18. The SMILES string of the molecule is COC(=O)c1cccc(NC(=O)C(C)=C(C)C(=O)O)c1C. The zero-order chi connectivity index (χ0) is 16.2. The van der Waals surface area contributed by atoms with Crippen LogP contribution in [0, 0.1) is 6.92 Å². The summed E-state index contributed by atoms with van der Waals surface area (Å²) >= 11 is 0. The largest absolute Gasteiger partial charge is 0.478 e. The minimum atomic E-state index is -1.15. The second kappa shape index (κ2) is 6.69. The number of benzene rings is 1. The highest BCUT2D eigenvalue weighted by molar-refractivity contribution is 6.08. The smallest absolute Gasteiger partial charge is 0.338 e. The number of rotatable bonds is 4. The predicted octanol–water partition coefficient (Wildman–Crippen LogP) is 2.14. The number of hydrogen-bond donors (Lipinski definition) is 2. The Labute approximate surface area is 122 Å². The lowest BCUT2D eigenvalue weighted by molar-refractivity contribution is -0.133. The summed E-state index contributed by atoms with van der Waals surface area (Å²) in [5.41, 5.74) is 1.39. The van der Waals surface area contributed by atoms with Crippen LogP contribution in [0.2, 0.25) is 0 Å². The van der Waals surface area contributed by atoms with Crippen LogP contribution in [-0.4, -0.2) is 30.1 Å². The zero-order valence-electron chi connectivity index (χ0n) is 12.3. The molecule has 1 aromatic carbocycles. The van der Waals surface area contributed by atoms with E-state index in [9.17, 15) is 14.4 Å². The number of esters is 1. The Morgan fingerprint density at radius 1 is 1.14 bits per heavy atom. The van der Waals surface area contributed by atoms with Gasteiger partial charge in [0.15, 0.2) is 0 Å². The van der Waals surface area contributed by atoms with Crippen molar-refractivity contribution in [2.75, 3.05) is 12.4 Å². The van der Waals surface area contributed by atoms with E-state index in [0.29, 0.717) is 16.8 Å². The van der Waals surface area contributed by atoms with Crippen LogP contribution in [0.1, 0.15) is 29.8 Å². The number of anilines is 1. The average molecular weight is 291 g/mol. The number of methoxy groups -OCH3 is 1. The van der Waals surface area contributed by atoms with Gasteiger partial charge in [0.25, 0.3) is 5.91 Å². The van der Waals surface area contributed by atoms with Gasteiger partial charge >= 0.3 is 11.9 Å². The molecule has 1 amide bonds. The molecule has 6 nitrogen and oxygen atoms in total. The van der Waals surface area contributed by atoms with Crippen LogP contribution < -0.4 is 5.32 Å². The highest BCUT2D eigenvalue weighted by Gasteiger charge is 2.16. The fourth-order valence-corrected chi connectivity index (χ4v) is 1.65. The molecule has 2 N–H and O–H groups in total. The molecule has 112 valence electrons. The summed E-state index contributed by atoms with van der Waals surface area (Å²) < 4.78 is 4.66. The maximum atomic E-state index is 12.0. The van der Waals surface area contributed by atoms with Gasteiger partial charge in [0, 0.05) is 16.8 Å². The Morgan fingerprint density at radius 3 is 2.29 bits per heavy atom. The Bertz CT molecular complexity index is 631. The normalized spacial score (nSPS) is 11.4. The summed E-state index contributed by atoms with van der Waals surface area (Å²) in [6.45, 7) is 4.46. The van der Waals surface area contributed by atoms with E-state index < -0.39 is 17.8 Å². The number of hydrogen-bond acceptors (Lipinski definition) is 4. The lowest BCUT2D eigenvalue weighted by Crippen LogP contribution is -2.17. The standard InChI is InChI=1S/C15H17NO5/c1-8(9(2)14(18)19)13(17)16-12-7-5-6-11(10(12)3)15(20)21-4/h5-7H,1-4H3,(H,16,17)(H,18,19). The van der Waals surface area contributed by atoms with E-state index in [1.807, 2.05) is 0 Å². The predicted molar refractivity (Wildman–Crippen MR) is 77.2 cm³/mol. The number of carbonyl (C=O) groups is 3. The Kier molecular flexibility index (Phi) is 5.24. The molecule has 1 rings (SSSR count). The molecule has 0 saturated heterocycles. The molecular weight excluding hydrogens is 274 g/mol. The van der Waals surface area contributed by atoms with E-state index >= 15 is 0 Å². The molecular formula is C15H17NO5. The first-order valence-corrected chi connectivity index (χ1v) is 6.19. The van der Waals surface area contributed by atoms with Crippen molar-refractivity contribution < 1.29 is 24.2 Å². The molecule has 0 unspecified atom stereocenters. The second-order valence-electron chi connectivity index (χ2n) is 4.48. The summed E-state index contributed by atoms with van der Waals surface area (Å²) in [6.07, 6.45) is 0. The van der Waals surface area contributed by atoms with E-state index in [0.717, 1.165) is 0 Å². The number of carbonyl (C=O) groups excluding carboxylic acids is 2. The second-order valence-corrected chi connectivity index (χ2v) is 4.48. The lowest BCUT2D eigenvalue weighted by Gasteiger charge is -2.12. The van der Waals surface area contributed by atoms with Gasteiger partial charge in [-0.2, -0.15) is 0 Å². The molecule has 0 radical (unpaired) electrons. The topological polar surface area (TPSA) is 92.7 Å². The van der Waals surface area contributed by atoms with Gasteiger partial charge < -0.3 is 15.2 Å². The first-order chi connectivity index (χ1) is 9.79. The molecule has 0 spiro atoms. The van der Waals surface area contributed by atoms with Gasteiger partial charge in [0.2, 0.25) is 0 Å². The number of carboxylic acid groups (broad SMARTS) is 1. The summed E-state index contributed by atoms with van der Waals surface area (Å²) in [6, 6.07) is 4.82. The van der Waals surface area contributed by atoms with Crippen molar-refractivity contribution in [2.45, 2.75) is 20.8 Å². The number of nitrogens with one attached hydrogen (secondary N) is 1. The van der Waals surface area contributed by atoms with E-state index in [1.54, 1.807) is 25.1 Å². The van der Waals surface area contributed by atoms with Gasteiger partial charge in [0.1, 0.15) is 0 Å². The third-order valence-electron chi connectivity index (χ3n) is 3.21. The van der Waals surface area contributed by atoms with Crippen LogP contribution in [0.3, 0.4) is 0 Å². The fourth-order valence-electron chi connectivity index (χ4n) is 1.65. The van der Waals surface area contributed by atoms with Gasteiger partial charge in [-0.25, -0.2) is 9.59 Å². The maximum Gasteiger partial charge on any atom is 0.338 e. The van der Waals surface area contributed by atoms with Crippen molar-refractivity contribution in [3.63, 3.8) is 0 Å². The van der Waals surface area contributed by atoms with Crippen LogP contribution in [0.5, 0.6) is 0 Å². The van der Waals surface area contributed by atoms with Gasteiger partial charge in [-0.05, 0) is 38.5 Å². The summed E-state index contributed by atoms with van der Waals surface area (Å²) in [5, 5.41) is 11.5. The van der Waals surface area contributed by atoms with Crippen molar-refractivity contribution in [1.29, 1.82) is 0 Å². The fraction of sp³-hybridized carbons (Fsp3) is 0.267. The molecule has 1 aromatic rings. The van der Waals surface area contributed by atoms with Gasteiger partial charge in [-0.15, -0.1) is 0 Å². The summed E-state index contributed by atoms with van der Waals surface area (Å²) in [7, 11) is 1.27. The zero-order valence-corrected chi connectivity index (χ0v) is 12.3. The Morgan fingerprint density at radius 2 is 1.76 bits per heavy atom. The third kappa shape index (κ3) is 3.68. The molecule has 0 aliphatic heterocycles. The van der Waals surface area contributed by atoms with E-state index in [-0.39, 0.29) is 11.1 Å². The summed E-state index contributed by atoms with van der Waals surface area (Å²) in [4.78, 5) is 34.4. The maximum absolute atomic E-state index is 12.0. The molecule has 0 aliphatic carbocycles. The molecule has 0 bridgehead atoms. The van der Waals surface area contributed by atoms with Gasteiger partial charge in [-0.1, -0.05) is 6.07 Å². The van der Waals surface area contributed by atoms with Crippen molar-refractivity contribution >= 4 is 23.5 Å². The van der Waals surface area contributed by atoms with E-state index in [1.165, 1.54) is 21.0 Å². The molecule has 21 heavy (non-hydrogen) atoms. The molecule has 0 atom stereocenters. The molecule has 0 saturated carbocycles. The van der Waals surface area contributed by atoms with Gasteiger partial charge in [0.05, 0.1) is 12.7 Å². The third-order valence-corrected chi connectivity index (χ3v) is 3.21. The number of ether oxygens (including phenoxy) is 1. The Balaban J connectivity index is 3.10. The minimum absolute atomic E-state index is 0.0331. The first-order valence-electron chi connectivity index (χ1n) is 6.19. The first kappa shape index (κ1) is 16.4. The van der Waals surface area contributed by atoms with E-state index in [4.69, 9.17) is 5.11 Å². The van der Waals surface area contributed by atoms with Crippen molar-refractivity contribution in [1.82, 2.24) is 0 Å².